The van der Waals surface area contributed by atoms with Gasteiger partial charge in [0, 0.05) is 21.7 Å². The molecule has 0 saturated heterocycles. The third-order valence-electron chi connectivity index (χ3n) is 2.72. The van der Waals surface area contributed by atoms with Crippen molar-refractivity contribution in [2.24, 2.45) is 0 Å². The number of rotatable bonds is 3. The molecule has 20 heavy (non-hydrogen) atoms. The molecular formula is C14H10BrClF3N. The number of alkyl halides is 3. The summed E-state index contributed by atoms with van der Waals surface area (Å²) in [6, 6.07) is 10.8. The van der Waals surface area contributed by atoms with E-state index in [1.54, 1.807) is 6.07 Å². The van der Waals surface area contributed by atoms with Crippen LogP contribution in [0, 0.1) is 0 Å². The molecule has 0 aliphatic rings. The van der Waals surface area contributed by atoms with Gasteiger partial charge in [0.15, 0.2) is 0 Å². The van der Waals surface area contributed by atoms with Crippen LogP contribution >= 0.6 is 27.5 Å². The highest BCUT2D eigenvalue weighted by atomic mass is 79.9. The third-order valence-corrected chi connectivity index (χ3v) is 3.75. The highest BCUT2D eigenvalue weighted by Crippen LogP contribution is 2.34. The van der Waals surface area contributed by atoms with Gasteiger partial charge in [0.05, 0.1) is 5.56 Å². The van der Waals surface area contributed by atoms with Crippen LogP contribution in [0.3, 0.4) is 0 Å². The van der Waals surface area contributed by atoms with Gasteiger partial charge in [-0.2, -0.15) is 13.2 Å². The first-order valence-corrected chi connectivity index (χ1v) is 6.89. The fourth-order valence-corrected chi connectivity index (χ4v) is 2.39. The van der Waals surface area contributed by atoms with E-state index >= 15 is 0 Å². The Morgan fingerprint density at radius 1 is 1.10 bits per heavy atom. The normalized spacial score (nSPS) is 11.4. The van der Waals surface area contributed by atoms with Gasteiger partial charge in [0.2, 0.25) is 0 Å². The van der Waals surface area contributed by atoms with Crippen molar-refractivity contribution in [1.29, 1.82) is 0 Å². The zero-order chi connectivity index (χ0) is 14.8. The lowest BCUT2D eigenvalue weighted by molar-refractivity contribution is -0.137. The van der Waals surface area contributed by atoms with Crippen molar-refractivity contribution in [3.05, 3.63) is 63.1 Å². The van der Waals surface area contributed by atoms with Crippen molar-refractivity contribution >= 4 is 33.2 Å². The summed E-state index contributed by atoms with van der Waals surface area (Å²) in [5, 5.41) is 3.66. The SMILES string of the molecule is FC(F)(F)c1ccc(NCc2ccccc2Cl)c(Br)c1. The quantitative estimate of drug-likeness (QED) is 0.733. The summed E-state index contributed by atoms with van der Waals surface area (Å²) in [5.41, 5.74) is 0.770. The topological polar surface area (TPSA) is 12.0 Å². The van der Waals surface area contributed by atoms with Gasteiger partial charge in [-0.3, -0.25) is 0 Å². The maximum atomic E-state index is 12.5. The Hall–Kier alpha value is -1.20. The molecule has 2 aromatic carbocycles. The third kappa shape index (κ3) is 3.67. The minimum Gasteiger partial charge on any atom is -0.380 e. The molecule has 2 rings (SSSR count). The van der Waals surface area contributed by atoms with Crippen molar-refractivity contribution in [1.82, 2.24) is 0 Å². The van der Waals surface area contributed by atoms with Crippen LogP contribution in [-0.2, 0) is 12.7 Å². The Morgan fingerprint density at radius 3 is 2.40 bits per heavy atom. The molecule has 0 unspecified atom stereocenters. The number of hydrogen-bond acceptors (Lipinski definition) is 1. The number of anilines is 1. The Labute approximate surface area is 127 Å². The highest BCUT2D eigenvalue weighted by Gasteiger charge is 2.30. The maximum Gasteiger partial charge on any atom is 0.416 e. The van der Waals surface area contributed by atoms with E-state index in [0.29, 0.717) is 21.7 Å². The number of hydrogen-bond donors (Lipinski definition) is 1. The van der Waals surface area contributed by atoms with Crippen LogP contribution in [0.2, 0.25) is 5.02 Å². The predicted molar refractivity (Wildman–Crippen MR) is 77.9 cm³/mol. The molecule has 0 heterocycles. The highest BCUT2D eigenvalue weighted by molar-refractivity contribution is 9.10. The smallest absolute Gasteiger partial charge is 0.380 e. The molecule has 0 spiro atoms. The fourth-order valence-electron chi connectivity index (χ4n) is 1.67. The first-order chi connectivity index (χ1) is 9.38. The molecule has 2 aromatic rings. The van der Waals surface area contributed by atoms with Gasteiger partial charge in [-0.05, 0) is 45.8 Å². The largest absolute Gasteiger partial charge is 0.416 e. The molecule has 0 amide bonds. The van der Waals surface area contributed by atoms with Gasteiger partial charge < -0.3 is 5.32 Å². The van der Waals surface area contributed by atoms with Crippen LogP contribution in [0.25, 0.3) is 0 Å². The lowest BCUT2D eigenvalue weighted by Crippen LogP contribution is -2.06. The van der Waals surface area contributed by atoms with Gasteiger partial charge in [0.25, 0.3) is 0 Å². The molecule has 0 radical (unpaired) electrons. The molecular weight excluding hydrogens is 355 g/mol. The lowest BCUT2D eigenvalue weighted by atomic mass is 10.2. The molecule has 106 valence electrons. The van der Waals surface area contributed by atoms with E-state index in [4.69, 9.17) is 11.6 Å². The van der Waals surface area contributed by atoms with Gasteiger partial charge in [-0.15, -0.1) is 0 Å². The summed E-state index contributed by atoms with van der Waals surface area (Å²) >= 11 is 9.15. The maximum absolute atomic E-state index is 12.5. The average molecular weight is 365 g/mol. The van der Waals surface area contributed by atoms with Gasteiger partial charge >= 0.3 is 6.18 Å². The molecule has 0 aliphatic carbocycles. The predicted octanol–water partition coefficient (Wildman–Crippen LogP) is 5.73. The lowest BCUT2D eigenvalue weighted by Gasteiger charge is -2.12. The van der Waals surface area contributed by atoms with Crippen LogP contribution < -0.4 is 5.32 Å². The van der Waals surface area contributed by atoms with E-state index in [-0.39, 0.29) is 0 Å². The Kier molecular flexibility index (Phi) is 4.60. The molecule has 6 heteroatoms. The average Bonchev–Trinajstić information content (AvgIpc) is 2.38. The van der Waals surface area contributed by atoms with Gasteiger partial charge in [-0.25, -0.2) is 0 Å². The zero-order valence-corrected chi connectivity index (χ0v) is 12.5. The number of nitrogens with one attached hydrogen (secondary N) is 1. The van der Waals surface area contributed by atoms with Gasteiger partial charge in [0.1, 0.15) is 0 Å². The van der Waals surface area contributed by atoms with E-state index in [9.17, 15) is 13.2 Å². The number of halogens is 5. The molecule has 1 N–H and O–H groups in total. The first kappa shape index (κ1) is 15.2. The minimum absolute atomic E-state index is 0.361. The van der Waals surface area contributed by atoms with Crippen molar-refractivity contribution in [3.63, 3.8) is 0 Å². The summed E-state index contributed by atoms with van der Waals surface area (Å²) in [7, 11) is 0. The molecule has 0 aromatic heterocycles. The van der Waals surface area contributed by atoms with Gasteiger partial charge in [-0.1, -0.05) is 29.8 Å². The first-order valence-electron chi connectivity index (χ1n) is 5.72. The monoisotopic (exact) mass is 363 g/mol. The molecule has 0 atom stereocenters. The Morgan fingerprint density at radius 2 is 1.80 bits per heavy atom. The molecule has 0 bridgehead atoms. The van der Waals surface area contributed by atoms with Crippen LogP contribution in [0.4, 0.5) is 18.9 Å². The fraction of sp³-hybridized carbons (Fsp3) is 0.143. The van der Waals surface area contributed by atoms with Crippen LogP contribution in [0.1, 0.15) is 11.1 Å². The molecule has 1 nitrogen and oxygen atoms in total. The van der Waals surface area contributed by atoms with Crippen molar-refractivity contribution in [3.8, 4) is 0 Å². The summed E-state index contributed by atoms with van der Waals surface area (Å²) in [6.07, 6.45) is -4.34. The summed E-state index contributed by atoms with van der Waals surface area (Å²) in [6.45, 7) is 0.434. The van der Waals surface area contributed by atoms with Crippen molar-refractivity contribution < 1.29 is 13.2 Å². The van der Waals surface area contributed by atoms with E-state index < -0.39 is 11.7 Å². The Bertz CT molecular complexity index is 614. The van der Waals surface area contributed by atoms with E-state index in [2.05, 4.69) is 21.2 Å². The van der Waals surface area contributed by atoms with Crippen LogP contribution in [-0.4, -0.2) is 0 Å². The summed E-state index contributed by atoms with van der Waals surface area (Å²) in [4.78, 5) is 0. The molecule has 0 aliphatic heterocycles. The second-order valence-electron chi connectivity index (χ2n) is 4.14. The minimum atomic E-state index is -4.34. The van der Waals surface area contributed by atoms with Crippen LogP contribution in [0.5, 0.6) is 0 Å². The Balaban J connectivity index is 2.13. The second-order valence-corrected chi connectivity index (χ2v) is 5.40. The zero-order valence-electron chi connectivity index (χ0n) is 10.1. The number of benzene rings is 2. The van der Waals surface area contributed by atoms with E-state index in [1.807, 2.05) is 18.2 Å². The van der Waals surface area contributed by atoms with Crippen LogP contribution in [0.15, 0.2) is 46.9 Å². The molecule has 0 saturated carbocycles. The molecule has 0 fully saturated rings. The van der Waals surface area contributed by atoms with Crippen molar-refractivity contribution in [2.75, 3.05) is 5.32 Å². The van der Waals surface area contributed by atoms with Crippen molar-refractivity contribution in [2.45, 2.75) is 12.7 Å². The standard InChI is InChI=1S/C14H10BrClF3N/c15-11-7-10(14(17,18)19)5-6-13(11)20-8-9-3-1-2-4-12(9)16/h1-7,20H,8H2. The summed E-state index contributed by atoms with van der Waals surface area (Å²) < 4.78 is 38.0. The second kappa shape index (κ2) is 6.06. The van der Waals surface area contributed by atoms with E-state index in [0.717, 1.165) is 17.7 Å². The summed E-state index contributed by atoms with van der Waals surface area (Å²) in [5.74, 6) is 0. The van der Waals surface area contributed by atoms with E-state index in [1.165, 1.54) is 6.07 Å².